The topological polar surface area (TPSA) is 52.7 Å². The molecular formula is C25H24ClN3O2. The summed E-state index contributed by atoms with van der Waals surface area (Å²) in [5.41, 5.74) is 3.85. The molecule has 0 atom stereocenters. The second-order valence-electron chi connectivity index (χ2n) is 7.58. The molecule has 0 saturated carbocycles. The van der Waals surface area contributed by atoms with Crippen molar-refractivity contribution in [2.75, 3.05) is 36.4 Å². The van der Waals surface area contributed by atoms with Crippen LogP contribution in [0.1, 0.15) is 26.3 Å². The zero-order chi connectivity index (χ0) is 21.8. The number of benzene rings is 3. The van der Waals surface area contributed by atoms with Gasteiger partial charge in [-0.1, -0.05) is 48.0 Å². The maximum Gasteiger partial charge on any atom is 0.255 e. The van der Waals surface area contributed by atoms with Gasteiger partial charge < -0.3 is 15.1 Å². The molecule has 0 radical (unpaired) electrons. The molecule has 2 amide bonds. The molecule has 3 aromatic rings. The molecule has 1 N–H and O–H groups in total. The third kappa shape index (κ3) is 4.72. The van der Waals surface area contributed by atoms with Crippen molar-refractivity contribution < 1.29 is 9.59 Å². The summed E-state index contributed by atoms with van der Waals surface area (Å²) < 4.78 is 0. The predicted molar refractivity (Wildman–Crippen MR) is 125 cm³/mol. The average Bonchev–Trinajstić information content (AvgIpc) is 2.81. The normalized spacial score (nSPS) is 13.7. The Kier molecular flexibility index (Phi) is 6.23. The average molecular weight is 434 g/mol. The molecule has 6 heteroatoms. The number of hydrogen-bond acceptors (Lipinski definition) is 3. The second kappa shape index (κ2) is 9.23. The van der Waals surface area contributed by atoms with Gasteiger partial charge in [-0.05, 0) is 48.9 Å². The van der Waals surface area contributed by atoms with Crippen LogP contribution in [-0.4, -0.2) is 42.9 Å². The quantitative estimate of drug-likeness (QED) is 0.639. The van der Waals surface area contributed by atoms with Crippen molar-refractivity contribution in [3.05, 3.63) is 94.5 Å². The smallest absolute Gasteiger partial charge is 0.255 e. The summed E-state index contributed by atoms with van der Waals surface area (Å²) in [6, 6.07) is 22.4. The van der Waals surface area contributed by atoms with E-state index in [-0.39, 0.29) is 11.8 Å². The maximum absolute atomic E-state index is 12.8. The Morgan fingerprint density at radius 3 is 2.23 bits per heavy atom. The number of aryl methyl sites for hydroxylation is 1. The molecule has 1 aliphatic heterocycles. The fraction of sp³-hybridized carbons (Fsp3) is 0.200. The van der Waals surface area contributed by atoms with Crippen LogP contribution in [0, 0.1) is 6.92 Å². The highest BCUT2D eigenvalue weighted by molar-refractivity contribution is 6.31. The number of halogens is 1. The lowest BCUT2D eigenvalue weighted by Gasteiger charge is -2.37. The summed E-state index contributed by atoms with van der Waals surface area (Å²) in [4.78, 5) is 29.6. The Hall–Kier alpha value is -3.31. The number of nitrogens with zero attached hydrogens (tertiary/aromatic N) is 2. The third-order valence-electron chi connectivity index (χ3n) is 5.51. The number of piperazine rings is 1. The number of hydrogen-bond donors (Lipinski definition) is 1. The minimum absolute atomic E-state index is 0.0538. The van der Waals surface area contributed by atoms with Gasteiger partial charge in [0.15, 0.2) is 0 Å². The van der Waals surface area contributed by atoms with Crippen molar-refractivity contribution in [2.45, 2.75) is 6.92 Å². The zero-order valence-electron chi connectivity index (χ0n) is 17.3. The van der Waals surface area contributed by atoms with Gasteiger partial charge in [-0.25, -0.2) is 0 Å². The van der Waals surface area contributed by atoms with Crippen molar-refractivity contribution in [2.24, 2.45) is 0 Å². The van der Waals surface area contributed by atoms with Crippen molar-refractivity contribution in [3.8, 4) is 0 Å². The molecule has 31 heavy (non-hydrogen) atoms. The van der Waals surface area contributed by atoms with Crippen LogP contribution in [0.3, 0.4) is 0 Å². The van der Waals surface area contributed by atoms with E-state index >= 15 is 0 Å². The summed E-state index contributed by atoms with van der Waals surface area (Å²) in [6.45, 7) is 4.55. The van der Waals surface area contributed by atoms with Gasteiger partial charge in [-0.2, -0.15) is 0 Å². The minimum Gasteiger partial charge on any atom is -0.366 e. The lowest BCUT2D eigenvalue weighted by molar-refractivity contribution is 0.0746. The van der Waals surface area contributed by atoms with Crippen LogP contribution in [0.25, 0.3) is 0 Å². The van der Waals surface area contributed by atoms with Gasteiger partial charge in [0.05, 0.1) is 11.4 Å². The molecule has 1 saturated heterocycles. The minimum atomic E-state index is -0.202. The SMILES string of the molecule is Cc1ccc(C(=O)Nc2ccccc2N2CCN(C(=O)c3ccccc3)CC2)cc1Cl. The number of carbonyl (C=O) groups is 2. The summed E-state index contributed by atoms with van der Waals surface area (Å²) in [6.07, 6.45) is 0. The number of amides is 2. The highest BCUT2D eigenvalue weighted by Crippen LogP contribution is 2.28. The lowest BCUT2D eigenvalue weighted by atomic mass is 10.1. The van der Waals surface area contributed by atoms with Crippen molar-refractivity contribution in [1.29, 1.82) is 0 Å². The largest absolute Gasteiger partial charge is 0.366 e. The lowest BCUT2D eigenvalue weighted by Crippen LogP contribution is -2.49. The van der Waals surface area contributed by atoms with E-state index in [1.807, 2.05) is 72.5 Å². The first-order chi connectivity index (χ1) is 15.0. The number of rotatable bonds is 4. The van der Waals surface area contributed by atoms with Gasteiger partial charge in [0.25, 0.3) is 11.8 Å². The number of carbonyl (C=O) groups excluding carboxylic acids is 2. The van der Waals surface area contributed by atoms with E-state index in [4.69, 9.17) is 11.6 Å². The number of nitrogens with one attached hydrogen (secondary N) is 1. The Bertz CT molecular complexity index is 1090. The van der Waals surface area contributed by atoms with Gasteiger partial charge in [0.2, 0.25) is 0 Å². The fourth-order valence-corrected chi connectivity index (χ4v) is 3.88. The Labute approximate surface area is 187 Å². The van der Waals surface area contributed by atoms with Crippen molar-refractivity contribution >= 4 is 34.8 Å². The monoisotopic (exact) mass is 433 g/mol. The van der Waals surface area contributed by atoms with Gasteiger partial charge in [0.1, 0.15) is 0 Å². The number of para-hydroxylation sites is 2. The first-order valence-corrected chi connectivity index (χ1v) is 10.7. The fourth-order valence-electron chi connectivity index (χ4n) is 3.70. The maximum atomic E-state index is 12.8. The van der Waals surface area contributed by atoms with E-state index in [1.165, 1.54) is 0 Å². The van der Waals surface area contributed by atoms with Crippen LogP contribution in [0.15, 0.2) is 72.8 Å². The molecule has 1 fully saturated rings. The van der Waals surface area contributed by atoms with E-state index in [2.05, 4.69) is 10.2 Å². The van der Waals surface area contributed by atoms with Gasteiger partial charge in [0, 0.05) is 42.3 Å². The Morgan fingerprint density at radius 1 is 0.839 bits per heavy atom. The molecule has 1 heterocycles. The third-order valence-corrected chi connectivity index (χ3v) is 5.92. The van der Waals surface area contributed by atoms with Gasteiger partial charge >= 0.3 is 0 Å². The Morgan fingerprint density at radius 2 is 1.52 bits per heavy atom. The predicted octanol–water partition coefficient (Wildman–Crippen LogP) is 4.86. The molecule has 0 unspecified atom stereocenters. The van der Waals surface area contributed by atoms with E-state index < -0.39 is 0 Å². The molecule has 0 bridgehead atoms. The molecule has 158 valence electrons. The van der Waals surface area contributed by atoms with Crippen LogP contribution < -0.4 is 10.2 Å². The van der Waals surface area contributed by atoms with Gasteiger partial charge in [-0.15, -0.1) is 0 Å². The highest BCUT2D eigenvalue weighted by Gasteiger charge is 2.23. The van der Waals surface area contributed by atoms with E-state index in [9.17, 15) is 9.59 Å². The van der Waals surface area contributed by atoms with E-state index in [0.29, 0.717) is 42.3 Å². The molecule has 1 aliphatic rings. The summed E-state index contributed by atoms with van der Waals surface area (Å²) in [5, 5.41) is 3.58. The Balaban J connectivity index is 1.45. The first kappa shape index (κ1) is 20.9. The molecule has 4 rings (SSSR count). The summed E-state index contributed by atoms with van der Waals surface area (Å²) in [7, 11) is 0. The van der Waals surface area contributed by atoms with Crippen LogP contribution in [0.5, 0.6) is 0 Å². The van der Waals surface area contributed by atoms with Crippen LogP contribution in [-0.2, 0) is 0 Å². The van der Waals surface area contributed by atoms with E-state index in [0.717, 1.165) is 16.9 Å². The van der Waals surface area contributed by atoms with E-state index in [1.54, 1.807) is 12.1 Å². The molecule has 0 spiro atoms. The molecular weight excluding hydrogens is 410 g/mol. The summed E-state index contributed by atoms with van der Waals surface area (Å²) in [5.74, 6) is -0.148. The zero-order valence-corrected chi connectivity index (χ0v) is 18.1. The molecule has 0 aromatic heterocycles. The second-order valence-corrected chi connectivity index (χ2v) is 7.99. The summed E-state index contributed by atoms with van der Waals surface area (Å²) >= 11 is 6.18. The van der Waals surface area contributed by atoms with Gasteiger partial charge in [-0.3, -0.25) is 9.59 Å². The van der Waals surface area contributed by atoms with Crippen LogP contribution in [0.4, 0.5) is 11.4 Å². The molecule has 3 aromatic carbocycles. The van der Waals surface area contributed by atoms with Crippen molar-refractivity contribution in [1.82, 2.24) is 4.90 Å². The molecule has 0 aliphatic carbocycles. The number of anilines is 2. The van der Waals surface area contributed by atoms with Crippen LogP contribution >= 0.6 is 11.6 Å². The first-order valence-electron chi connectivity index (χ1n) is 10.3. The van der Waals surface area contributed by atoms with Crippen LogP contribution in [0.2, 0.25) is 5.02 Å². The standard InChI is InChI=1S/C25H24ClN3O2/c1-18-11-12-20(17-21(18)26)24(30)27-22-9-5-6-10-23(22)28-13-15-29(16-14-28)25(31)19-7-3-2-4-8-19/h2-12,17H,13-16H2,1H3,(H,27,30). The van der Waals surface area contributed by atoms with Crippen molar-refractivity contribution in [3.63, 3.8) is 0 Å². The highest BCUT2D eigenvalue weighted by atomic mass is 35.5. The molecule has 5 nitrogen and oxygen atoms in total.